The van der Waals surface area contributed by atoms with E-state index in [0.717, 1.165) is 12.8 Å². The van der Waals surface area contributed by atoms with Gasteiger partial charge in [-0.2, -0.15) is 0 Å². The third-order valence-corrected chi connectivity index (χ3v) is 7.05. The van der Waals surface area contributed by atoms with Gasteiger partial charge >= 0.3 is 6.09 Å². The highest BCUT2D eigenvalue weighted by atomic mass is 35.5. The molecule has 1 saturated carbocycles. The van der Waals surface area contributed by atoms with Crippen molar-refractivity contribution >= 4 is 17.7 Å². The first-order valence-corrected chi connectivity index (χ1v) is 11.0. The van der Waals surface area contributed by atoms with Gasteiger partial charge in [-0.15, -0.1) is 11.6 Å². The minimum Gasteiger partial charge on any atom is -0.444 e. The predicted octanol–water partition coefficient (Wildman–Crippen LogP) is 5.86. The Morgan fingerprint density at radius 1 is 1.00 bits per heavy atom. The van der Waals surface area contributed by atoms with E-state index >= 15 is 0 Å². The first kappa shape index (κ1) is 20.3. The fourth-order valence-corrected chi connectivity index (χ4v) is 5.68. The number of hydrogen-bond acceptors (Lipinski definition) is 2. The summed E-state index contributed by atoms with van der Waals surface area (Å²) < 4.78 is 5.69. The van der Waals surface area contributed by atoms with Crippen LogP contribution in [0.2, 0.25) is 0 Å². The minimum atomic E-state index is -0.499. The average molecular weight is 412 g/mol. The molecule has 2 unspecified atom stereocenters. The van der Waals surface area contributed by atoms with Crippen molar-refractivity contribution in [2.75, 3.05) is 13.1 Å². The fraction of sp³-hybridized carbons (Fsp3) is 0.480. The van der Waals surface area contributed by atoms with Crippen LogP contribution in [0.5, 0.6) is 0 Å². The number of ether oxygens (including phenoxy) is 1. The average Bonchev–Trinajstić information content (AvgIpc) is 3.16. The van der Waals surface area contributed by atoms with Crippen molar-refractivity contribution in [2.45, 2.75) is 50.0 Å². The number of benzene rings is 2. The molecule has 4 heteroatoms. The summed E-state index contributed by atoms with van der Waals surface area (Å²) in [7, 11) is 0. The number of carbonyl (C=O) groups excluding carboxylic acids is 1. The van der Waals surface area contributed by atoms with Gasteiger partial charge in [0.15, 0.2) is 0 Å². The van der Waals surface area contributed by atoms with Crippen LogP contribution in [-0.4, -0.2) is 35.1 Å². The van der Waals surface area contributed by atoms with Gasteiger partial charge in [0.05, 0.1) is 0 Å². The Hall–Kier alpha value is -2.00. The lowest BCUT2D eigenvalue weighted by molar-refractivity contribution is 0.0281. The Morgan fingerprint density at radius 3 is 2.07 bits per heavy atom. The number of nitrogens with zero attached hydrogens (tertiary/aromatic N) is 1. The molecule has 3 atom stereocenters. The second-order valence-corrected chi connectivity index (χ2v) is 9.97. The molecule has 1 amide bonds. The highest BCUT2D eigenvalue weighted by Crippen LogP contribution is 2.54. The molecule has 1 aliphatic heterocycles. The molecular weight excluding hydrogens is 382 g/mol. The van der Waals surface area contributed by atoms with Gasteiger partial charge < -0.3 is 9.64 Å². The van der Waals surface area contributed by atoms with E-state index in [1.165, 1.54) is 11.1 Å². The quantitative estimate of drug-likeness (QED) is 0.579. The lowest BCUT2D eigenvalue weighted by Gasteiger charge is -2.48. The van der Waals surface area contributed by atoms with Crippen LogP contribution < -0.4 is 0 Å². The Morgan fingerprint density at radius 2 is 1.55 bits per heavy atom. The van der Waals surface area contributed by atoms with Crippen molar-refractivity contribution in [3.63, 3.8) is 0 Å². The van der Waals surface area contributed by atoms with Gasteiger partial charge in [0.1, 0.15) is 5.60 Å². The SMILES string of the molecule is CC(C)(C)OC(=O)N1CC2[C@H](C1)C(Cl)CCC2(c1ccccc1)c1ccccc1. The van der Waals surface area contributed by atoms with Crippen LogP contribution in [0.25, 0.3) is 0 Å². The molecule has 0 aromatic heterocycles. The minimum absolute atomic E-state index is 0.0768. The lowest BCUT2D eigenvalue weighted by atomic mass is 9.56. The second-order valence-electron chi connectivity index (χ2n) is 9.41. The molecule has 2 aromatic rings. The van der Waals surface area contributed by atoms with Gasteiger partial charge in [0.2, 0.25) is 0 Å². The largest absolute Gasteiger partial charge is 0.444 e. The maximum Gasteiger partial charge on any atom is 0.410 e. The molecule has 1 aliphatic carbocycles. The van der Waals surface area contributed by atoms with E-state index in [1.807, 2.05) is 25.7 Å². The normalized spacial score (nSPS) is 26.1. The molecule has 0 bridgehead atoms. The summed E-state index contributed by atoms with van der Waals surface area (Å²) >= 11 is 6.84. The van der Waals surface area contributed by atoms with Gasteiger partial charge in [-0.05, 0) is 56.6 Å². The maximum atomic E-state index is 12.9. The molecule has 2 aromatic carbocycles. The summed E-state index contributed by atoms with van der Waals surface area (Å²) in [6, 6.07) is 21.5. The second kappa shape index (κ2) is 7.68. The molecule has 154 valence electrons. The van der Waals surface area contributed by atoms with Crippen LogP contribution >= 0.6 is 11.6 Å². The molecule has 29 heavy (non-hydrogen) atoms. The van der Waals surface area contributed by atoms with Crippen LogP contribution in [0.1, 0.15) is 44.7 Å². The van der Waals surface area contributed by atoms with Gasteiger partial charge in [0.25, 0.3) is 0 Å². The Kier molecular flexibility index (Phi) is 5.37. The van der Waals surface area contributed by atoms with Gasteiger partial charge in [-0.25, -0.2) is 4.79 Å². The van der Waals surface area contributed by atoms with Crippen molar-refractivity contribution in [2.24, 2.45) is 11.8 Å². The first-order valence-electron chi connectivity index (χ1n) is 10.5. The molecule has 1 saturated heterocycles. The molecule has 2 aliphatic rings. The van der Waals surface area contributed by atoms with Crippen LogP contribution in [0.4, 0.5) is 4.79 Å². The van der Waals surface area contributed by atoms with E-state index in [9.17, 15) is 4.79 Å². The number of alkyl halides is 1. The number of rotatable bonds is 2. The smallest absolute Gasteiger partial charge is 0.410 e. The molecule has 0 N–H and O–H groups in total. The molecular formula is C25H30ClNO2. The monoisotopic (exact) mass is 411 g/mol. The zero-order valence-electron chi connectivity index (χ0n) is 17.5. The van der Waals surface area contributed by atoms with Gasteiger partial charge in [0, 0.05) is 23.9 Å². The zero-order chi connectivity index (χ0) is 20.6. The summed E-state index contributed by atoms with van der Waals surface area (Å²) in [6.45, 7) is 7.07. The molecule has 1 heterocycles. The van der Waals surface area contributed by atoms with E-state index in [-0.39, 0.29) is 28.7 Å². The summed E-state index contributed by atoms with van der Waals surface area (Å²) in [5.41, 5.74) is 1.99. The number of amides is 1. The number of halogens is 1. The highest BCUT2D eigenvalue weighted by molar-refractivity contribution is 6.21. The molecule has 0 spiro atoms. The van der Waals surface area contributed by atoms with Gasteiger partial charge in [-0.3, -0.25) is 0 Å². The van der Waals surface area contributed by atoms with E-state index in [0.29, 0.717) is 13.1 Å². The fourth-order valence-electron chi connectivity index (χ4n) is 5.31. The van der Waals surface area contributed by atoms with Crippen molar-refractivity contribution in [3.8, 4) is 0 Å². The van der Waals surface area contributed by atoms with Crippen molar-refractivity contribution < 1.29 is 9.53 Å². The number of fused-ring (bicyclic) bond motifs is 1. The van der Waals surface area contributed by atoms with Crippen molar-refractivity contribution in [3.05, 3.63) is 71.8 Å². The Bertz CT molecular complexity index is 807. The highest BCUT2D eigenvalue weighted by Gasteiger charge is 2.55. The maximum absolute atomic E-state index is 12.9. The van der Waals surface area contributed by atoms with E-state index in [4.69, 9.17) is 16.3 Å². The summed E-state index contributed by atoms with van der Waals surface area (Å²) in [4.78, 5) is 14.7. The van der Waals surface area contributed by atoms with E-state index < -0.39 is 5.60 Å². The van der Waals surface area contributed by atoms with Crippen LogP contribution in [-0.2, 0) is 10.2 Å². The molecule has 4 rings (SSSR count). The summed E-state index contributed by atoms with van der Waals surface area (Å²) in [5, 5.41) is 0.0768. The number of carbonyl (C=O) groups is 1. The lowest BCUT2D eigenvalue weighted by Crippen LogP contribution is -2.47. The third kappa shape index (κ3) is 3.77. The molecule has 3 nitrogen and oxygen atoms in total. The van der Waals surface area contributed by atoms with Crippen molar-refractivity contribution in [1.29, 1.82) is 0 Å². The standard InChI is InChI=1S/C25H30ClNO2/c1-24(2,3)29-23(28)27-16-20-21(17-27)25(15-14-22(20)26,18-10-6-4-7-11-18)19-12-8-5-9-13-19/h4-13,20-22H,14-17H2,1-3H3/t20-,21?,22?/m0/s1. The van der Waals surface area contributed by atoms with E-state index in [1.54, 1.807) is 0 Å². The summed E-state index contributed by atoms with van der Waals surface area (Å²) in [6.07, 6.45) is 1.69. The van der Waals surface area contributed by atoms with Crippen LogP contribution in [0, 0.1) is 11.8 Å². The van der Waals surface area contributed by atoms with Gasteiger partial charge in [-0.1, -0.05) is 60.7 Å². The number of hydrogen-bond donors (Lipinski definition) is 0. The topological polar surface area (TPSA) is 29.5 Å². The Labute approximate surface area is 179 Å². The predicted molar refractivity (Wildman–Crippen MR) is 117 cm³/mol. The first-order chi connectivity index (χ1) is 13.8. The molecule has 2 fully saturated rings. The molecule has 0 radical (unpaired) electrons. The van der Waals surface area contributed by atoms with Crippen molar-refractivity contribution in [1.82, 2.24) is 4.90 Å². The zero-order valence-corrected chi connectivity index (χ0v) is 18.2. The Balaban J connectivity index is 1.76. The third-order valence-electron chi connectivity index (χ3n) is 6.51. The summed E-state index contributed by atoms with van der Waals surface area (Å²) in [5.74, 6) is 0.509. The number of likely N-dealkylation sites (tertiary alicyclic amines) is 1. The van der Waals surface area contributed by atoms with Crippen LogP contribution in [0.15, 0.2) is 60.7 Å². The van der Waals surface area contributed by atoms with E-state index in [2.05, 4.69) is 60.7 Å². The van der Waals surface area contributed by atoms with Crippen LogP contribution in [0.3, 0.4) is 0 Å².